The third-order valence-electron chi connectivity index (χ3n) is 2.29. The van der Waals surface area contributed by atoms with E-state index in [9.17, 15) is 14.4 Å². The quantitative estimate of drug-likeness (QED) is 0.427. The molecule has 9 heteroatoms. The Morgan fingerprint density at radius 2 is 2.21 bits per heavy atom. The molecule has 0 radical (unpaired) electrons. The number of carbonyl (C=O) groups excluding carboxylic acids is 2. The molecular formula is C10H15N5O4. The average molecular weight is 269 g/mol. The lowest BCUT2D eigenvalue weighted by molar-refractivity contribution is -0.139. The number of carboxylic acid groups (broad SMARTS) is 1. The molecule has 1 aromatic rings. The van der Waals surface area contributed by atoms with E-state index in [0.717, 1.165) is 5.56 Å². The number of aliphatic carboxylic acids is 1. The summed E-state index contributed by atoms with van der Waals surface area (Å²) in [6, 6.07) is -1.80. The van der Waals surface area contributed by atoms with Gasteiger partial charge in [-0.05, 0) is 6.42 Å². The van der Waals surface area contributed by atoms with Crippen molar-refractivity contribution >= 4 is 17.9 Å². The first kappa shape index (κ1) is 14.5. The van der Waals surface area contributed by atoms with E-state index in [4.69, 9.17) is 10.8 Å². The van der Waals surface area contributed by atoms with Crippen LogP contribution in [0.5, 0.6) is 0 Å². The van der Waals surface area contributed by atoms with Gasteiger partial charge in [-0.1, -0.05) is 0 Å². The number of hydrogen-bond acceptors (Lipinski definition) is 4. The normalized spacial score (nSPS) is 11.6. The van der Waals surface area contributed by atoms with Crippen molar-refractivity contribution in [2.45, 2.75) is 25.4 Å². The summed E-state index contributed by atoms with van der Waals surface area (Å²) in [6.07, 6.45) is 2.97. The number of rotatable bonds is 7. The lowest BCUT2D eigenvalue weighted by Crippen LogP contribution is -2.46. The number of H-pyrrole nitrogens is 1. The SMILES string of the molecule is NC(=O)CC[C@@H](NC(=O)NCc1cn[nH]c1)C(=O)O. The molecule has 3 amide bonds. The zero-order valence-electron chi connectivity index (χ0n) is 10.0. The summed E-state index contributed by atoms with van der Waals surface area (Å²) in [5.74, 6) is -1.84. The van der Waals surface area contributed by atoms with Crippen LogP contribution in [0.1, 0.15) is 18.4 Å². The molecular weight excluding hydrogens is 254 g/mol. The van der Waals surface area contributed by atoms with Crippen molar-refractivity contribution in [2.24, 2.45) is 5.73 Å². The molecule has 104 valence electrons. The maximum absolute atomic E-state index is 11.5. The first-order chi connectivity index (χ1) is 8.99. The van der Waals surface area contributed by atoms with Crippen molar-refractivity contribution in [3.63, 3.8) is 0 Å². The van der Waals surface area contributed by atoms with E-state index in [1.807, 2.05) is 0 Å². The van der Waals surface area contributed by atoms with Crippen LogP contribution in [-0.2, 0) is 16.1 Å². The molecule has 0 unspecified atom stereocenters. The molecule has 1 rings (SSSR count). The molecule has 1 atom stereocenters. The second-order valence-corrected chi connectivity index (χ2v) is 3.83. The van der Waals surface area contributed by atoms with E-state index in [1.54, 1.807) is 6.20 Å². The Balaban J connectivity index is 2.38. The zero-order chi connectivity index (χ0) is 14.3. The van der Waals surface area contributed by atoms with Gasteiger partial charge in [0.05, 0.1) is 6.20 Å². The molecule has 0 aliphatic carbocycles. The van der Waals surface area contributed by atoms with Crippen molar-refractivity contribution in [1.29, 1.82) is 0 Å². The minimum atomic E-state index is -1.22. The minimum Gasteiger partial charge on any atom is -0.480 e. The fourth-order valence-electron chi connectivity index (χ4n) is 1.31. The Labute approximate surface area is 108 Å². The largest absolute Gasteiger partial charge is 0.480 e. The molecule has 0 bridgehead atoms. The highest BCUT2D eigenvalue weighted by molar-refractivity contribution is 5.83. The number of hydrogen-bond donors (Lipinski definition) is 5. The number of carboxylic acids is 1. The summed E-state index contributed by atoms with van der Waals surface area (Å²) in [6.45, 7) is 0.213. The first-order valence-corrected chi connectivity index (χ1v) is 5.52. The van der Waals surface area contributed by atoms with Crippen LogP contribution in [0.3, 0.4) is 0 Å². The van der Waals surface area contributed by atoms with Crippen molar-refractivity contribution in [1.82, 2.24) is 20.8 Å². The van der Waals surface area contributed by atoms with E-state index in [-0.39, 0.29) is 19.4 Å². The van der Waals surface area contributed by atoms with Gasteiger partial charge in [0.2, 0.25) is 5.91 Å². The predicted molar refractivity (Wildman–Crippen MR) is 63.8 cm³/mol. The van der Waals surface area contributed by atoms with Gasteiger partial charge in [-0.2, -0.15) is 5.10 Å². The van der Waals surface area contributed by atoms with Crippen molar-refractivity contribution in [2.75, 3.05) is 0 Å². The smallest absolute Gasteiger partial charge is 0.326 e. The summed E-state index contributed by atoms with van der Waals surface area (Å²) >= 11 is 0. The third-order valence-corrected chi connectivity index (χ3v) is 2.29. The van der Waals surface area contributed by atoms with Crippen molar-refractivity contribution in [3.05, 3.63) is 18.0 Å². The number of primary amides is 1. The van der Waals surface area contributed by atoms with E-state index in [2.05, 4.69) is 20.8 Å². The van der Waals surface area contributed by atoms with E-state index in [0.29, 0.717) is 0 Å². The minimum absolute atomic E-state index is 0.0518. The summed E-state index contributed by atoms with van der Waals surface area (Å²) in [5, 5.41) is 19.9. The highest BCUT2D eigenvalue weighted by Gasteiger charge is 2.20. The Hall–Kier alpha value is -2.58. The zero-order valence-corrected chi connectivity index (χ0v) is 10.0. The van der Waals surface area contributed by atoms with E-state index in [1.165, 1.54) is 6.20 Å². The number of carbonyl (C=O) groups is 3. The predicted octanol–water partition coefficient (Wildman–Crippen LogP) is -1.07. The number of aromatic amines is 1. The molecule has 0 saturated heterocycles. The third kappa shape index (κ3) is 5.52. The molecule has 0 spiro atoms. The highest BCUT2D eigenvalue weighted by atomic mass is 16.4. The van der Waals surface area contributed by atoms with Crippen LogP contribution < -0.4 is 16.4 Å². The first-order valence-electron chi connectivity index (χ1n) is 5.52. The molecule has 6 N–H and O–H groups in total. The molecule has 19 heavy (non-hydrogen) atoms. The molecule has 0 aromatic carbocycles. The maximum Gasteiger partial charge on any atom is 0.326 e. The van der Waals surface area contributed by atoms with Crippen LogP contribution in [0.25, 0.3) is 0 Å². The van der Waals surface area contributed by atoms with Crippen LogP contribution in [0.15, 0.2) is 12.4 Å². The number of nitrogens with zero attached hydrogens (tertiary/aromatic N) is 1. The fourth-order valence-corrected chi connectivity index (χ4v) is 1.31. The molecule has 0 aliphatic heterocycles. The summed E-state index contributed by atoms with van der Waals surface area (Å²) in [7, 11) is 0. The Bertz CT molecular complexity index is 445. The van der Waals surface area contributed by atoms with Gasteiger partial charge < -0.3 is 21.5 Å². The van der Waals surface area contributed by atoms with Gasteiger partial charge in [0.25, 0.3) is 0 Å². The maximum atomic E-state index is 11.5. The number of aromatic nitrogens is 2. The molecule has 1 heterocycles. The van der Waals surface area contributed by atoms with Crippen LogP contribution in [0, 0.1) is 0 Å². The Kier molecular flexibility index (Phi) is 5.33. The van der Waals surface area contributed by atoms with Gasteiger partial charge in [0.1, 0.15) is 6.04 Å². The summed E-state index contributed by atoms with van der Waals surface area (Å²) in [4.78, 5) is 32.9. The van der Waals surface area contributed by atoms with Gasteiger partial charge in [0.15, 0.2) is 0 Å². The monoisotopic (exact) mass is 269 g/mol. The average Bonchev–Trinajstić information content (AvgIpc) is 2.84. The van der Waals surface area contributed by atoms with Crippen LogP contribution in [0.2, 0.25) is 0 Å². The van der Waals surface area contributed by atoms with Gasteiger partial charge in [-0.15, -0.1) is 0 Å². The number of nitrogens with one attached hydrogen (secondary N) is 3. The summed E-state index contributed by atoms with van der Waals surface area (Å²) in [5.41, 5.74) is 5.67. The van der Waals surface area contributed by atoms with E-state index >= 15 is 0 Å². The second kappa shape index (κ2) is 6.99. The van der Waals surface area contributed by atoms with E-state index < -0.39 is 23.9 Å². The van der Waals surface area contributed by atoms with Crippen molar-refractivity contribution in [3.8, 4) is 0 Å². The topological polar surface area (TPSA) is 150 Å². The number of urea groups is 1. The fraction of sp³-hybridized carbons (Fsp3) is 0.400. The van der Waals surface area contributed by atoms with Gasteiger partial charge in [-0.25, -0.2) is 9.59 Å². The van der Waals surface area contributed by atoms with Gasteiger partial charge in [0, 0.05) is 24.7 Å². The number of nitrogens with two attached hydrogens (primary N) is 1. The molecule has 0 aliphatic rings. The van der Waals surface area contributed by atoms with Gasteiger partial charge in [-0.3, -0.25) is 9.89 Å². The second-order valence-electron chi connectivity index (χ2n) is 3.83. The lowest BCUT2D eigenvalue weighted by atomic mass is 10.1. The van der Waals surface area contributed by atoms with Gasteiger partial charge >= 0.3 is 12.0 Å². The number of amides is 3. The molecule has 0 saturated carbocycles. The molecule has 0 fully saturated rings. The van der Waals surface area contributed by atoms with Crippen molar-refractivity contribution < 1.29 is 19.5 Å². The lowest BCUT2D eigenvalue weighted by Gasteiger charge is -2.14. The van der Waals surface area contributed by atoms with Crippen LogP contribution in [0.4, 0.5) is 4.79 Å². The Morgan fingerprint density at radius 1 is 1.47 bits per heavy atom. The molecule has 1 aromatic heterocycles. The molecule has 9 nitrogen and oxygen atoms in total. The highest BCUT2D eigenvalue weighted by Crippen LogP contribution is 1.98. The van der Waals surface area contributed by atoms with Crippen LogP contribution >= 0.6 is 0 Å². The summed E-state index contributed by atoms with van der Waals surface area (Å²) < 4.78 is 0. The Morgan fingerprint density at radius 3 is 2.74 bits per heavy atom. The standard InChI is InChI=1S/C10H15N5O4/c11-8(16)2-1-7(9(17)18)15-10(19)12-3-6-4-13-14-5-6/h4-5,7H,1-3H2,(H2,11,16)(H,13,14)(H,17,18)(H2,12,15,19)/t7-/m1/s1. The van der Waals surface area contributed by atoms with Crippen LogP contribution in [-0.4, -0.2) is 39.3 Å².